The molecule has 0 aromatic rings. The molecule has 1 fully saturated rings. The van der Waals surface area contributed by atoms with Crippen LogP contribution in [-0.4, -0.2) is 47.2 Å². The van der Waals surface area contributed by atoms with Gasteiger partial charge in [-0.15, -0.1) is 0 Å². The molecular weight excluding hydrogens is 184 g/mol. The van der Waals surface area contributed by atoms with Gasteiger partial charge in [-0.2, -0.15) is 0 Å². The van der Waals surface area contributed by atoms with Crippen molar-refractivity contribution in [2.45, 2.75) is 25.8 Å². The van der Waals surface area contributed by atoms with Gasteiger partial charge in [0, 0.05) is 20.0 Å². The van der Waals surface area contributed by atoms with Crippen LogP contribution in [0.5, 0.6) is 0 Å². The second-order valence-electron chi connectivity index (χ2n) is 3.81. The summed E-state index contributed by atoms with van der Waals surface area (Å²) in [4.78, 5) is 35.9. The van der Waals surface area contributed by atoms with Crippen LogP contribution < -0.4 is 0 Å². The Labute approximate surface area is 82.7 Å². The van der Waals surface area contributed by atoms with Crippen LogP contribution in [0.25, 0.3) is 0 Å². The Morgan fingerprint density at radius 2 is 1.93 bits per heavy atom. The van der Waals surface area contributed by atoms with Gasteiger partial charge in [0.2, 0.25) is 0 Å². The number of hydrogen-bond acceptors (Lipinski definition) is 3. The number of amides is 3. The molecule has 3 amide bonds. The van der Waals surface area contributed by atoms with Crippen molar-refractivity contribution in [3.63, 3.8) is 0 Å². The summed E-state index contributed by atoms with van der Waals surface area (Å²) in [5.74, 6) is -0.244. The maximum atomic E-state index is 11.7. The minimum absolute atomic E-state index is 0.176. The predicted molar refractivity (Wildman–Crippen MR) is 49.6 cm³/mol. The molecule has 5 heteroatoms. The number of likely N-dealkylation sites (N-methyl/N-ethyl adjacent to an activating group) is 1. The highest BCUT2D eigenvalue weighted by Crippen LogP contribution is 2.25. The van der Waals surface area contributed by atoms with Crippen LogP contribution in [0.2, 0.25) is 0 Å². The topological polar surface area (TPSA) is 57.7 Å². The first-order valence-electron chi connectivity index (χ1n) is 4.46. The van der Waals surface area contributed by atoms with Crippen molar-refractivity contribution in [3.8, 4) is 0 Å². The van der Waals surface area contributed by atoms with Gasteiger partial charge in [0.05, 0.1) is 0 Å². The lowest BCUT2D eigenvalue weighted by Crippen LogP contribution is -2.41. The molecule has 0 aromatic heterocycles. The molecule has 1 heterocycles. The van der Waals surface area contributed by atoms with Crippen LogP contribution in [0.1, 0.15) is 20.3 Å². The predicted octanol–water partition coefficient (Wildman–Crippen LogP) is 0.248. The third-order valence-electron chi connectivity index (χ3n) is 2.60. The van der Waals surface area contributed by atoms with Crippen LogP contribution in [0.15, 0.2) is 0 Å². The van der Waals surface area contributed by atoms with E-state index >= 15 is 0 Å². The van der Waals surface area contributed by atoms with E-state index < -0.39 is 5.54 Å². The van der Waals surface area contributed by atoms with Crippen LogP contribution in [-0.2, 0) is 9.59 Å². The maximum Gasteiger partial charge on any atom is 0.327 e. The van der Waals surface area contributed by atoms with Crippen molar-refractivity contribution >= 4 is 18.2 Å². The lowest BCUT2D eigenvalue weighted by molar-refractivity contribution is -0.131. The Kier molecular flexibility index (Phi) is 2.59. The van der Waals surface area contributed by atoms with Crippen molar-refractivity contribution in [3.05, 3.63) is 0 Å². The summed E-state index contributed by atoms with van der Waals surface area (Å²) < 4.78 is 0. The van der Waals surface area contributed by atoms with E-state index in [2.05, 4.69) is 0 Å². The maximum absolute atomic E-state index is 11.7. The minimum Gasteiger partial charge on any atom is -0.313 e. The standard InChI is InChI=1S/C9H14N2O3/c1-9(2)7(13)11(5-4-6-12)8(14)10(9)3/h6H,4-5H2,1-3H3. The van der Waals surface area contributed by atoms with Crippen LogP contribution in [0, 0.1) is 0 Å². The van der Waals surface area contributed by atoms with E-state index in [1.165, 1.54) is 4.90 Å². The van der Waals surface area contributed by atoms with Gasteiger partial charge >= 0.3 is 6.03 Å². The van der Waals surface area contributed by atoms with Gasteiger partial charge in [-0.05, 0) is 13.8 Å². The smallest absolute Gasteiger partial charge is 0.313 e. The lowest BCUT2D eigenvalue weighted by atomic mass is 10.1. The Morgan fingerprint density at radius 1 is 1.36 bits per heavy atom. The summed E-state index contributed by atoms with van der Waals surface area (Å²) in [6.07, 6.45) is 0.896. The third kappa shape index (κ3) is 1.38. The number of carbonyl (C=O) groups excluding carboxylic acids is 3. The second-order valence-corrected chi connectivity index (χ2v) is 3.81. The van der Waals surface area contributed by atoms with Gasteiger partial charge in [-0.3, -0.25) is 9.69 Å². The first kappa shape index (κ1) is 10.7. The van der Waals surface area contributed by atoms with Gasteiger partial charge in [0.25, 0.3) is 5.91 Å². The Bertz CT molecular complexity index is 286. The highest BCUT2D eigenvalue weighted by molar-refractivity contribution is 6.06. The Hall–Kier alpha value is -1.39. The largest absolute Gasteiger partial charge is 0.327 e. The Morgan fingerprint density at radius 3 is 2.29 bits per heavy atom. The number of aldehydes is 1. The van der Waals surface area contributed by atoms with E-state index in [9.17, 15) is 14.4 Å². The van der Waals surface area contributed by atoms with Crippen LogP contribution >= 0.6 is 0 Å². The van der Waals surface area contributed by atoms with Gasteiger partial charge in [-0.25, -0.2) is 4.79 Å². The summed E-state index contributed by atoms with van der Waals surface area (Å²) in [5.41, 5.74) is -0.792. The molecule has 0 aliphatic carbocycles. The van der Waals surface area contributed by atoms with E-state index in [1.807, 2.05) is 0 Å². The third-order valence-corrected chi connectivity index (χ3v) is 2.60. The number of nitrogens with zero attached hydrogens (tertiary/aromatic N) is 2. The fourth-order valence-corrected chi connectivity index (χ4v) is 1.36. The molecule has 0 radical (unpaired) electrons. The van der Waals surface area contributed by atoms with E-state index in [0.717, 1.165) is 4.90 Å². The zero-order valence-corrected chi connectivity index (χ0v) is 8.61. The highest BCUT2D eigenvalue weighted by Gasteiger charge is 2.48. The molecule has 0 saturated carbocycles. The average Bonchev–Trinajstić information content (AvgIpc) is 2.28. The summed E-state index contributed by atoms with van der Waals surface area (Å²) >= 11 is 0. The fourth-order valence-electron chi connectivity index (χ4n) is 1.36. The van der Waals surface area contributed by atoms with Gasteiger partial charge < -0.3 is 9.69 Å². The van der Waals surface area contributed by atoms with E-state index in [0.29, 0.717) is 6.29 Å². The van der Waals surface area contributed by atoms with Crippen molar-refractivity contribution in [2.24, 2.45) is 0 Å². The lowest BCUT2D eigenvalue weighted by Gasteiger charge is -2.22. The van der Waals surface area contributed by atoms with Crippen LogP contribution in [0.4, 0.5) is 4.79 Å². The molecule has 5 nitrogen and oxygen atoms in total. The zero-order chi connectivity index (χ0) is 10.9. The van der Waals surface area contributed by atoms with Gasteiger partial charge in [0.15, 0.2) is 0 Å². The SMILES string of the molecule is CN1C(=O)N(CCC=O)C(=O)C1(C)C. The summed E-state index contributed by atoms with van der Waals surface area (Å²) in [7, 11) is 1.58. The van der Waals surface area contributed by atoms with Crippen molar-refractivity contribution < 1.29 is 14.4 Å². The average molecular weight is 198 g/mol. The summed E-state index contributed by atoms with van der Waals surface area (Å²) in [5, 5.41) is 0. The van der Waals surface area contributed by atoms with Crippen LogP contribution in [0.3, 0.4) is 0 Å². The van der Waals surface area contributed by atoms with E-state index in [1.54, 1.807) is 20.9 Å². The monoisotopic (exact) mass is 198 g/mol. The molecule has 0 bridgehead atoms. The van der Waals surface area contributed by atoms with Gasteiger partial charge in [0.1, 0.15) is 11.8 Å². The summed E-state index contributed by atoms with van der Waals surface area (Å²) in [6.45, 7) is 3.55. The van der Waals surface area contributed by atoms with E-state index in [4.69, 9.17) is 0 Å². The molecular formula is C9H14N2O3. The first-order chi connectivity index (χ1) is 6.42. The highest BCUT2D eigenvalue weighted by atomic mass is 16.2. The normalized spacial score (nSPS) is 20.5. The molecule has 0 aromatic carbocycles. The van der Waals surface area contributed by atoms with Crippen molar-refractivity contribution in [2.75, 3.05) is 13.6 Å². The van der Waals surface area contributed by atoms with Gasteiger partial charge in [-0.1, -0.05) is 0 Å². The summed E-state index contributed by atoms with van der Waals surface area (Å²) in [6, 6.07) is -0.332. The van der Waals surface area contributed by atoms with Crippen molar-refractivity contribution in [1.29, 1.82) is 0 Å². The number of rotatable bonds is 3. The fraction of sp³-hybridized carbons (Fsp3) is 0.667. The van der Waals surface area contributed by atoms with Crippen molar-refractivity contribution in [1.82, 2.24) is 9.80 Å². The quantitative estimate of drug-likeness (QED) is 0.482. The molecule has 78 valence electrons. The zero-order valence-electron chi connectivity index (χ0n) is 8.61. The molecule has 1 aliphatic rings. The molecule has 1 rings (SSSR count). The molecule has 0 spiro atoms. The molecule has 1 saturated heterocycles. The Balaban J connectivity index is 2.85. The number of hydrogen-bond donors (Lipinski definition) is 0. The molecule has 1 aliphatic heterocycles. The first-order valence-corrected chi connectivity index (χ1v) is 4.46. The molecule has 14 heavy (non-hydrogen) atoms. The molecule has 0 unspecified atom stereocenters. The number of urea groups is 1. The molecule has 0 atom stereocenters. The number of carbonyl (C=O) groups is 3. The van der Waals surface area contributed by atoms with E-state index in [-0.39, 0.29) is 24.9 Å². The number of imide groups is 1. The molecule has 0 N–H and O–H groups in total. The minimum atomic E-state index is -0.792. The second kappa shape index (κ2) is 3.40.